The molecule has 0 fully saturated rings. The molecule has 1 atom stereocenters. The fraction of sp³-hybridized carbons (Fsp3) is 0.150. The van der Waals surface area contributed by atoms with Crippen molar-refractivity contribution in [2.75, 3.05) is 10.6 Å². The van der Waals surface area contributed by atoms with Crippen LogP contribution < -0.4 is 10.6 Å². The van der Waals surface area contributed by atoms with Gasteiger partial charge in [-0.3, -0.25) is 9.78 Å². The first-order chi connectivity index (χ1) is 12.1. The second-order valence-corrected chi connectivity index (χ2v) is 5.83. The smallest absolute Gasteiger partial charge is 0.221 e. The van der Waals surface area contributed by atoms with Gasteiger partial charge in [-0.25, -0.2) is 4.98 Å². The van der Waals surface area contributed by atoms with Crippen molar-refractivity contribution < 1.29 is 4.79 Å². The van der Waals surface area contributed by atoms with E-state index >= 15 is 0 Å². The Kier molecular flexibility index (Phi) is 5.04. The van der Waals surface area contributed by atoms with Crippen LogP contribution in [0.4, 0.5) is 11.5 Å². The lowest BCUT2D eigenvalue weighted by molar-refractivity contribution is -0.114. The van der Waals surface area contributed by atoms with Gasteiger partial charge in [-0.15, -0.1) is 0 Å². The van der Waals surface area contributed by atoms with Crippen LogP contribution >= 0.6 is 0 Å². The van der Waals surface area contributed by atoms with Crippen LogP contribution in [0.2, 0.25) is 0 Å². The van der Waals surface area contributed by atoms with Crippen LogP contribution in [0.1, 0.15) is 25.5 Å². The number of hydrogen-bond donors (Lipinski definition) is 2. The average molecular weight is 332 g/mol. The molecule has 5 nitrogen and oxygen atoms in total. The van der Waals surface area contributed by atoms with Crippen LogP contribution in [0.5, 0.6) is 0 Å². The first kappa shape index (κ1) is 16.6. The number of carbonyl (C=O) groups excluding carboxylic acids is 1. The maximum atomic E-state index is 11.2. The predicted molar refractivity (Wildman–Crippen MR) is 100 cm³/mol. The van der Waals surface area contributed by atoms with E-state index in [4.69, 9.17) is 0 Å². The molecular weight excluding hydrogens is 312 g/mol. The number of nitrogens with one attached hydrogen (secondary N) is 2. The van der Waals surface area contributed by atoms with E-state index in [0.717, 1.165) is 16.9 Å². The third-order valence-corrected chi connectivity index (χ3v) is 3.78. The Morgan fingerprint density at radius 3 is 2.60 bits per heavy atom. The lowest BCUT2D eigenvalue weighted by Crippen LogP contribution is -2.08. The van der Waals surface area contributed by atoms with Crippen LogP contribution in [0.3, 0.4) is 0 Å². The number of benzene rings is 2. The molecule has 3 rings (SSSR count). The van der Waals surface area contributed by atoms with Gasteiger partial charge in [0.05, 0.1) is 18.1 Å². The summed E-state index contributed by atoms with van der Waals surface area (Å²) in [6.07, 6.45) is 3.42. The van der Waals surface area contributed by atoms with Crippen molar-refractivity contribution in [3.8, 4) is 11.3 Å². The van der Waals surface area contributed by atoms with Gasteiger partial charge in [0.1, 0.15) is 5.82 Å². The minimum atomic E-state index is -0.102. The molecule has 126 valence electrons. The highest BCUT2D eigenvalue weighted by molar-refractivity contribution is 5.89. The van der Waals surface area contributed by atoms with Gasteiger partial charge < -0.3 is 10.6 Å². The Bertz CT molecular complexity index is 864. The van der Waals surface area contributed by atoms with Crippen molar-refractivity contribution in [3.63, 3.8) is 0 Å². The van der Waals surface area contributed by atoms with Gasteiger partial charge in [-0.05, 0) is 24.6 Å². The standard InChI is InChI=1S/C20H20N4O/c1-14(16-7-4-3-5-8-16)22-20-13-21-12-19(24-20)17-9-6-10-18(11-17)23-15(2)25/h3-14H,1-2H3,(H,22,24)(H,23,25)/t14-/m0/s1. The number of nitrogens with zero attached hydrogens (tertiary/aromatic N) is 2. The topological polar surface area (TPSA) is 66.9 Å². The van der Waals surface area contributed by atoms with E-state index in [-0.39, 0.29) is 11.9 Å². The first-order valence-corrected chi connectivity index (χ1v) is 8.13. The fourth-order valence-corrected chi connectivity index (χ4v) is 2.58. The summed E-state index contributed by atoms with van der Waals surface area (Å²) in [5, 5.41) is 6.15. The van der Waals surface area contributed by atoms with E-state index in [9.17, 15) is 4.79 Å². The summed E-state index contributed by atoms with van der Waals surface area (Å²) in [6, 6.07) is 17.9. The summed E-state index contributed by atoms with van der Waals surface area (Å²) in [5.41, 5.74) is 3.57. The Hall–Kier alpha value is -3.21. The quantitative estimate of drug-likeness (QED) is 0.732. The van der Waals surface area contributed by atoms with Crippen LogP contribution in [0, 0.1) is 0 Å². The Morgan fingerprint density at radius 2 is 1.84 bits per heavy atom. The number of aromatic nitrogens is 2. The zero-order chi connectivity index (χ0) is 17.6. The van der Waals surface area contributed by atoms with E-state index in [1.165, 1.54) is 12.5 Å². The summed E-state index contributed by atoms with van der Waals surface area (Å²) < 4.78 is 0. The number of hydrogen-bond acceptors (Lipinski definition) is 4. The highest BCUT2D eigenvalue weighted by atomic mass is 16.1. The monoisotopic (exact) mass is 332 g/mol. The average Bonchev–Trinajstić information content (AvgIpc) is 2.62. The molecule has 0 spiro atoms. The van der Waals surface area contributed by atoms with Gasteiger partial charge in [-0.2, -0.15) is 0 Å². The minimum Gasteiger partial charge on any atom is -0.362 e. The van der Waals surface area contributed by atoms with Crippen LogP contribution in [-0.4, -0.2) is 15.9 Å². The lowest BCUT2D eigenvalue weighted by Gasteiger charge is -2.15. The maximum absolute atomic E-state index is 11.2. The molecule has 0 radical (unpaired) electrons. The first-order valence-electron chi connectivity index (χ1n) is 8.13. The van der Waals surface area contributed by atoms with Gasteiger partial charge in [0.15, 0.2) is 0 Å². The lowest BCUT2D eigenvalue weighted by atomic mass is 10.1. The van der Waals surface area contributed by atoms with E-state index in [0.29, 0.717) is 5.82 Å². The highest BCUT2D eigenvalue weighted by Crippen LogP contribution is 2.23. The number of anilines is 2. The molecule has 0 unspecified atom stereocenters. The molecule has 0 bridgehead atoms. The summed E-state index contributed by atoms with van der Waals surface area (Å²) in [6.45, 7) is 3.57. The Balaban J connectivity index is 1.81. The van der Waals surface area contributed by atoms with Gasteiger partial charge in [0.2, 0.25) is 5.91 Å². The zero-order valence-electron chi connectivity index (χ0n) is 14.2. The molecule has 2 aromatic carbocycles. The van der Waals surface area contributed by atoms with Crippen molar-refractivity contribution in [2.24, 2.45) is 0 Å². The molecule has 2 N–H and O–H groups in total. The zero-order valence-corrected chi connectivity index (χ0v) is 14.2. The SMILES string of the molecule is CC(=O)Nc1cccc(-c2cncc(N[C@@H](C)c3ccccc3)n2)c1. The molecule has 1 aromatic heterocycles. The van der Waals surface area contributed by atoms with E-state index in [1.54, 1.807) is 12.4 Å². The maximum Gasteiger partial charge on any atom is 0.221 e. The van der Waals surface area contributed by atoms with Gasteiger partial charge in [0.25, 0.3) is 0 Å². The predicted octanol–water partition coefficient (Wildman–Crippen LogP) is 4.28. The van der Waals surface area contributed by atoms with Crippen LogP contribution in [-0.2, 0) is 4.79 Å². The molecule has 0 aliphatic heterocycles. The number of carbonyl (C=O) groups is 1. The van der Waals surface area contributed by atoms with Gasteiger partial charge >= 0.3 is 0 Å². The van der Waals surface area contributed by atoms with Crippen molar-refractivity contribution in [1.29, 1.82) is 0 Å². The van der Waals surface area contributed by atoms with Crippen molar-refractivity contribution in [1.82, 2.24) is 9.97 Å². The molecule has 0 saturated heterocycles. The van der Waals surface area contributed by atoms with E-state index in [2.05, 4.69) is 39.7 Å². The van der Waals surface area contributed by atoms with Gasteiger partial charge in [0, 0.05) is 24.2 Å². The molecule has 1 heterocycles. The molecule has 5 heteroatoms. The third-order valence-electron chi connectivity index (χ3n) is 3.78. The summed E-state index contributed by atoms with van der Waals surface area (Å²) in [5.74, 6) is 0.606. The number of rotatable bonds is 5. The fourth-order valence-electron chi connectivity index (χ4n) is 2.58. The van der Waals surface area contributed by atoms with Crippen molar-refractivity contribution in [2.45, 2.75) is 19.9 Å². The molecule has 3 aromatic rings. The van der Waals surface area contributed by atoms with Crippen molar-refractivity contribution >= 4 is 17.4 Å². The normalized spacial score (nSPS) is 11.6. The third kappa shape index (κ3) is 4.41. The van der Waals surface area contributed by atoms with Crippen LogP contribution in [0.25, 0.3) is 11.3 Å². The molecule has 0 aliphatic carbocycles. The molecule has 25 heavy (non-hydrogen) atoms. The van der Waals surface area contributed by atoms with Crippen LogP contribution in [0.15, 0.2) is 67.0 Å². The summed E-state index contributed by atoms with van der Waals surface area (Å²) >= 11 is 0. The minimum absolute atomic E-state index is 0.102. The molecule has 1 amide bonds. The van der Waals surface area contributed by atoms with E-state index in [1.807, 2.05) is 42.5 Å². The van der Waals surface area contributed by atoms with Crippen molar-refractivity contribution in [3.05, 3.63) is 72.6 Å². The molecule has 0 aliphatic rings. The Labute approximate surface area is 147 Å². The highest BCUT2D eigenvalue weighted by Gasteiger charge is 2.08. The number of amides is 1. The molecule has 0 saturated carbocycles. The molecular formula is C20H20N4O. The Morgan fingerprint density at radius 1 is 1.04 bits per heavy atom. The second kappa shape index (κ2) is 7.57. The summed E-state index contributed by atoms with van der Waals surface area (Å²) in [7, 11) is 0. The van der Waals surface area contributed by atoms with E-state index < -0.39 is 0 Å². The second-order valence-electron chi connectivity index (χ2n) is 5.83. The largest absolute Gasteiger partial charge is 0.362 e. The van der Waals surface area contributed by atoms with Gasteiger partial charge in [-0.1, -0.05) is 42.5 Å². The summed E-state index contributed by atoms with van der Waals surface area (Å²) in [4.78, 5) is 20.2.